The zero-order valence-electron chi connectivity index (χ0n) is 13.8. The molecule has 3 N–H and O–H groups in total. The standard InChI is InChI=1S/C19H23N3O2/c1-2-18(23)22-17-10-6-9-16(13-17)21-14-19(24)20-12-11-15-7-4-3-5-8-15/h3-10,13,21H,2,11-12,14H2,1H3,(H,20,24)(H,22,23). The molecule has 0 saturated heterocycles. The maximum absolute atomic E-state index is 11.9. The average Bonchev–Trinajstić information content (AvgIpc) is 2.61. The summed E-state index contributed by atoms with van der Waals surface area (Å²) in [5, 5.41) is 8.74. The Morgan fingerprint density at radius 3 is 2.42 bits per heavy atom. The van der Waals surface area contributed by atoms with Crippen LogP contribution in [0, 0.1) is 0 Å². The van der Waals surface area contributed by atoms with Crippen molar-refractivity contribution in [1.29, 1.82) is 0 Å². The van der Waals surface area contributed by atoms with E-state index in [1.165, 1.54) is 5.56 Å². The fraction of sp³-hybridized carbons (Fsp3) is 0.263. The van der Waals surface area contributed by atoms with E-state index >= 15 is 0 Å². The van der Waals surface area contributed by atoms with Crippen molar-refractivity contribution < 1.29 is 9.59 Å². The molecule has 5 nitrogen and oxygen atoms in total. The van der Waals surface area contributed by atoms with Gasteiger partial charge in [-0.05, 0) is 30.2 Å². The number of carbonyl (C=O) groups is 2. The van der Waals surface area contributed by atoms with Crippen molar-refractivity contribution in [2.24, 2.45) is 0 Å². The lowest BCUT2D eigenvalue weighted by Crippen LogP contribution is -2.31. The minimum atomic E-state index is -0.0612. The van der Waals surface area contributed by atoms with Gasteiger partial charge < -0.3 is 16.0 Å². The molecular weight excluding hydrogens is 302 g/mol. The molecule has 0 fully saturated rings. The molecule has 0 unspecified atom stereocenters. The molecular formula is C19H23N3O2. The molecule has 126 valence electrons. The fourth-order valence-corrected chi connectivity index (χ4v) is 2.19. The normalized spacial score (nSPS) is 10.0. The molecule has 0 aliphatic carbocycles. The van der Waals surface area contributed by atoms with E-state index in [4.69, 9.17) is 0 Å². The second kappa shape index (κ2) is 9.35. The van der Waals surface area contributed by atoms with Crippen LogP contribution < -0.4 is 16.0 Å². The van der Waals surface area contributed by atoms with Crippen LogP contribution in [0.4, 0.5) is 11.4 Å². The van der Waals surface area contributed by atoms with Gasteiger partial charge in [0.1, 0.15) is 0 Å². The van der Waals surface area contributed by atoms with Crippen LogP contribution in [0.5, 0.6) is 0 Å². The first kappa shape index (κ1) is 17.5. The van der Waals surface area contributed by atoms with Crippen molar-refractivity contribution in [1.82, 2.24) is 5.32 Å². The summed E-state index contributed by atoms with van der Waals surface area (Å²) in [6, 6.07) is 17.4. The van der Waals surface area contributed by atoms with Gasteiger partial charge in [0.25, 0.3) is 0 Å². The van der Waals surface area contributed by atoms with Gasteiger partial charge in [0.05, 0.1) is 6.54 Å². The van der Waals surface area contributed by atoms with E-state index in [9.17, 15) is 9.59 Å². The largest absolute Gasteiger partial charge is 0.376 e. The van der Waals surface area contributed by atoms with Gasteiger partial charge in [0.2, 0.25) is 11.8 Å². The van der Waals surface area contributed by atoms with Crippen molar-refractivity contribution in [2.75, 3.05) is 23.7 Å². The van der Waals surface area contributed by atoms with Gasteiger partial charge in [-0.3, -0.25) is 9.59 Å². The lowest BCUT2D eigenvalue weighted by atomic mass is 10.1. The van der Waals surface area contributed by atoms with Crippen molar-refractivity contribution in [3.63, 3.8) is 0 Å². The van der Waals surface area contributed by atoms with E-state index in [1.807, 2.05) is 54.6 Å². The number of rotatable bonds is 8. The molecule has 24 heavy (non-hydrogen) atoms. The van der Waals surface area contributed by atoms with Gasteiger partial charge >= 0.3 is 0 Å². The monoisotopic (exact) mass is 325 g/mol. The highest BCUT2D eigenvalue weighted by Crippen LogP contribution is 2.14. The lowest BCUT2D eigenvalue weighted by Gasteiger charge is -2.10. The van der Waals surface area contributed by atoms with Gasteiger partial charge in [0.15, 0.2) is 0 Å². The average molecular weight is 325 g/mol. The van der Waals surface area contributed by atoms with E-state index in [1.54, 1.807) is 6.92 Å². The molecule has 2 aromatic carbocycles. The van der Waals surface area contributed by atoms with Crippen molar-refractivity contribution in [2.45, 2.75) is 19.8 Å². The van der Waals surface area contributed by atoms with Crippen LogP contribution in [-0.4, -0.2) is 24.9 Å². The number of hydrogen-bond donors (Lipinski definition) is 3. The lowest BCUT2D eigenvalue weighted by molar-refractivity contribution is -0.119. The Bertz CT molecular complexity index is 671. The highest BCUT2D eigenvalue weighted by Gasteiger charge is 2.03. The first-order valence-corrected chi connectivity index (χ1v) is 8.12. The summed E-state index contributed by atoms with van der Waals surface area (Å²) in [4.78, 5) is 23.3. The minimum absolute atomic E-state index is 0.0363. The zero-order valence-corrected chi connectivity index (χ0v) is 13.8. The van der Waals surface area contributed by atoms with E-state index in [-0.39, 0.29) is 18.4 Å². The Balaban J connectivity index is 1.73. The van der Waals surface area contributed by atoms with E-state index in [0.717, 1.165) is 17.8 Å². The van der Waals surface area contributed by atoms with Crippen LogP contribution in [0.1, 0.15) is 18.9 Å². The molecule has 2 amide bonds. The van der Waals surface area contributed by atoms with Crippen LogP contribution in [-0.2, 0) is 16.0 Å². The minimum Gasteiger partial charge on any atom is -0.376 e. The Labute approximate surface area is 142 Å². The molecule has 5 heteroatoms. The van der Waals surface area contributed by atoms with Crippen molar-refractivity contribution >= 4 is 23.2 Å². The molecule has 0 bridgehead atoms. The summed E-state index contributed by atoms with van der Waals surface area (Å²) in [5.74, 6) is -0.0975. The van der Waals surface area contributed by atoms with Crippen LogP contribution >= 0.6 is 0 Å². The zero-order chi connectivity index (χ0) is 17.2. The van der Waals surface area contributed by atoms with Gasteiger partial charge in [-0.2, -0.15) is 0 Å². The van der Waals surface area contributed by atoms with Crippen LogP contribution in [0.2, 0.25) is 0 Å². The SMILES string of the molecule is CCC(=O)Nc1cccc(NCC(=O)NCCc2ccccc2)c1. The van der Waals surface area contributed by atoms with E-state index < -0.39 is 0 Å². The molecule has 0 aliphatic heterocycles. The fourth-order valence-electron chi connectivity index (χ4n) is 2.19. The number of anilines is 2. The molecule has 0 aliphatic rings. The van der Waals surface area contributed by atoms with Crippen molar-refractivity contribution in [3.8, 4) is 0 Å². The summed E-state index contributed by atoms with van der Waals surface area (Å²) >= 11 is 0. The quantitative estimate of drug-likeness (QED) is 0.699. The Morgan fingerprint density at radius 1 is 0.917 bits per heavy atom. The third-order valence-electron chi connectivity index (χ3n) is 3.50. The third kappa shape index (κ3) is 6.12. The van der Waals surface area contributed by atoms with Gasteiger partial charge in [-0.25, -0.2) is 0 Å². The highest BCUT2D eigenvalue weighted by molar-refractivity contribution is 5.91. The Kier molecular flexibility index (Phi) is 6.83. The van der Waals surface area contributed by atoms with Crippen LogP contribution in [0.15, 0.2) is 54.6 Å². The molecule has 0 radical (unpaired) electrons. The van der Waals surface area contributed by atoms with Gasteiger partial charge in [0, 0.05) is 24.3 Å². The summed E-state index contributed by atoms with van der Waals surface area (Å²) in [7, 11) is 0. The molecule has 0 spiro atoms. The van der Waals surface area contributed by atoms with Crippen LogP contribution in [0.25, 0.3) is 0 Å². The first-order chi connectivity index (χ1) is 11.7. The smallest absolute Gasteiger partial charge is 0.239 e. The summed E-state index contributed by atoms with van der Waals surface area (Å²) in [6.07, 6.45) is 1.24. The second-order valence-corrected chi connectivity index (χ2v) is 5.42. The number of nitrogens with one attached hydrogen (secondary N) is 3. The maximum atomic E-state index is 11.9. The van der Waals surface area contributed by atoms with Gasteiger partial charge in [-0.1, -0.05) is 43.3 Å². The molecule has 0 atom stereocenters. The summed E-state index contributed by atoms with van der Waals surface area (Å²) < 4.78 is 0. The summed E-state index contributed by atoms with van der Waals surface area (Å²) in [5.41, 5.74) is 2.71. The van der Waals surface area contributed by atoms with Crippen molar-refractivity contribution in [3.05, 3.63) is 60.2 Å². The summed E-state index contributed by atoms with van der Waals surface area (Å²) in [6.45, 7) is 2.61. The molecule has 2 aromatic rings. The number of amides is 2. The van der Waals surface area contributed by atoms with Crippen LogP contribution in [0.3, 0.4) is 0 Å². The van der Waals surface area contributed by atoms with E-state index in [0.29, 0.717) is 13.0 Å². The number of benzene rings is 2. The highest BCUT2D eigenvalue weighted by atomic mass is 16.2. The predicted molar refractivity (Wildman–Crippen MR) is 97.0 cm³/mol. The predicted octanol–water partition coefficient (Wildman–Crippen LogP) is 2.81. The third-order valence-corrected chi connectivity index (χ3v) is 3.50. The molecule has 0 aromatic heterocycles. The second-order valence-electron chi connectivity index (χ2n) is 5.42. The number of carbonyl (C=O) groups excluding carboxylic acids is 2. The maximum Gasteiger partial charge on any atom is 0.239 e. The number of hydrogen-bond acceptors (Lipinski definition) is 3. The Morgan fingerprint density at radius 2 is 1.67 bits per heavy atom. The topological polar surface area (TPSA) is 70.2 Å². The molecule has 0 saturated carbocycles. The van der Waals surface area contributed by atoms with Gasteiger partial charge in [-0.15, -0.1) is 0 Å². The molecule has 2 rings (SSSR count). The van der Waals surface area contributed by atoms with E-state index in [2.05, 4.69) is 16.0 Å². The first-order valence-electron chi connectivity index (χ1n) is 8.12. The molecule has 0 heterocycles. The Hall–Kier alpha value is -2.82.